The van der Waals surface area contributed by atoms with Crippen LogP contribution in [-0.4, -0.2) is 21.8 Å². The summed E-state index contributed by atoms with van der Waals surface area (Å²) in [6.07, 6.45) is 3.14. The lowest BCUT2D eigenvalue weighted by atomic mass is 9.94. The molecule has 1 aromatic heterocycles. The molecular formula is C24H20N2O3. The zero-order chi connectivity index (χ0) is 20.5. The van der Waals surface area contributed by atoms with E-state index in [2.05, 4.69) is 4.98 Å². The summed E-state index contributed by atoms with van der Waals surface area (Å²) in [5.41, 5.74) is 3.98. The Morgan fingerprint density at radius 3 is 2.00 bits per heavy atom. The summed E-state index contributed by atoms with van der Waals surface area (Å²) in [6, 6.07) is 17.4. The van der Waals surface area contributed by atoms with E-state index in [1.807, 2.05) is 50.2 Å². The third-order valence-electron chi connectivity index (χ3n) is 5.10. The van der Waals surface area contributed by atoms with E-state index in [4.69, 9.17) is 0 Å². The highest BCUT2D eigenvalue weighted by molar-refractivity contribution is 6.51. The van der Waals surface area contributed by atoms with Crippen LogP contribution in [-0.2, 0) is 9.59 Å². The Hall–Kier alpha value is -3.73. The number of carbonyl (C=O) groups excluding carboxylic acids is 2. The Morgan fingerprint density at radius 2 is 1.41 bits per heavy atom. The lowest BCUT2D eigenvalue weighted by molar-refractivity contribution is -0.132. The molecule has 0 bridgehead atoms. The van der Waals surface area contributed by atoms with Crippen molar-refractivity contribution in [1.29, 1.82) is 0 Å². The van der Waals surface area contributed by atoms with Crippen molar-refractivity contribution in [3.63, 3.8) is 0 Å². The predicted molar refractivity (Wildman–Crippen MR) is 111 cm³/mol. The van der Waals surface area contributed by atoms with Gasteiger partial charge in [-0.3, -0.25) is 19.5 Å². The number of rotatable bonds is 3. The summed E-state index contributed by atoms with van der Waals surface area (Å²) in [5, 5.41) is 11.0. The quantitative estimate of drug-likeness (QED) is 0.415. The van der Waals surface area contributed by atoms with Gasteiger partial charge in [0.05, 0.1) is 11.6 Å². The summed E-state index contributed by atoms with van der Waals surface area (Å²) >= 11 is 0. The van der Waals surface area contributed by atoms with E-state index < -0.39 is 17.7 Å². The number of pyridine rings is 1. The normalized spacial score (nSPS) is 18.3. The zero-order valence-electron chi connectivity index (χ0n) is 16.2. The average Bonchev–Trinajstić information content (AvgIpc) is 3.00. The van der Waals surface area contributed by atoms with Crippen molar-refractivity contribution in [2.45, 2.75) is 19.9 Å². The fourth-order valence-electron chi connectivity index (χ4n) is 3.53. The number of aliphatic hydroxyl groups is 1. The van der Waals surface area contributed by atoms with Crippen molar-refractivity contribution in [1.82, 2.24) is 4.98 Å². The SMILES string of the molecule is Cc1ccc(/C(O)=C2/C(=O)C(=O)N(c3ccncc3)C2c2ccc(C)cc2)cc1. The Bertz CT molecular complexity index is 1100. The van der Waals surface area contributed by atoms with E-state index in [1.54, 1.807) is 36.7 Å². The third kappa shape index (κ3) is 3.31. The number of hydrogen-bond acceptors (Lipinski definition) is 4. The minimum atomic E-state index is -0.723. The molecule has 2 aromatic carbocycles. The largest absolute Gasteiger partial charge is 0.507 e. The number of aliphatic hydroxyl groups excluding tert-OH is 1. The predicted octanol–water partition coefficient (Wildman–Crippen LogP) is 4.32. The van der Waals surface area contributed by atoms with Crippen LogP contribution in [0, 0.1) is 13.8 Å². The summed E-state index contributed by atoms with van der Waals surface area (Å²) in [6.45, 7) is 3.91. The Labute approximate surface area is 169 Å². The van der Waals surface area contributed by atoms with Crippen LogP contribution in [0.5, 0.6) is 0 Å². The molecule has 4 rings (SSSR count). The first-order chi connectivity index (χ1) is 14.0. The van der Waals surface area contributed by atoms with Crippen molar-refractivity contribution in [2.75, 3.05) is 4.90 Å². The molecule has 3 aromatic rings. The first kappa shape index (κ1) is 18.6. The van der Waals surface area contributed by atoms with Crippen LogP contribution in [0.2, 0.25) is 0 Å². The van der Waals surface area contributed by atoms with E-state index in [1.165, 1.54) is 4.90 Å². The standard InChI is InChI=1S/C24H20N2O3/c1-15-3-7-17(8-4-15)21-20(22(27)18-9-5-16(2)6-10-18)23(28)24(29)26(21)19-11-13-25-14-12-19/h3-14,21,27H,1-2H3/b22-20-. The summed E-state index contributed by atoms with van der Waals surface area (Å²) in [4.78, 5) is 31.4. The molecule has 5 nitrogen and oxygen atoms in total. The van der Waals surface area contributed by atoms with Crippen LogP contribution in [0.25, 0.3) is 5.76 Å². The molecule has 0 saturated carbocycles. The molecule has 29 heavy (non-hydrogen) atoms. The fraction of sp³-hybridized carbons (Fsp3) is 0.125. The highest BCUT2D eigenvalue weighted by atomic mass is 16.3. The molecule has 0 radical (unpaired) electrons. The Balaban J connectivity index is 1.94. The minimum absolute atomic E-state index is 0.0829. The van der Waals surface area contributed by atoms with Crippen LogP contribution in [0.4, 0.5) is 5.69 Å². The Kier molecular flexibility index (Phi) is 4.72. The van der Waals surface area contributed by atoms with E-state index in [9.17, 15) is 14.7 Å². The fourth-order valence-corrected chi connectivity index (χ4v) is 3.53. The highest BCUT2D eigenvalue weighted by Crippen LogP contribution is 2.41. The topological polar surface area (TPSA) is 70.5 Å². The number of benzene rings is 2. The highest BCUT2D eigenvalue weighted by Gasteiger charge is 2.46. The number of nitrogens with zero attached hydrogens (tertiary/aromatic N) is 2. The van der Waals surface area contributed by atoms with Gasteiger partial charge in [-0.1, -0.05) is 59.7 Å². The zero-order valence-corrected chi connectivity index (χ0v) is 16.2. The molecule has 1 unspecified atom stereocenters. The lowest BCUT2D eigenvalue weighted by Gasteiger charge is -2.25. The van der Waals surface area contributed by atoms with Crippen LogP contribution < -0.4 is 4.90 Å². The summed E-state index contributed by atoms with van der Waals surface area (Å²) in [7, 11) is 0. The molecule has 1 aliphatic heterocycles. The second-order valence-corrected chi connectivity index (χ2v) is 7.15. The van der Waals surface area contributed by atoms with Gasteiger partial charge >= 0.3 is 0 Å². The summed E-state index contributed by atoms with van der Waals surface area (Å²) < 4.78 is 0. The maximum absolute atomic E-state index is 13.0. The van der Waals surface area contributed by atoms with E-state index in [0.717, 1.165) is 16.7 Å². The van der Waals surface area contributed by atoms with Gasteiger partial charge in [-0.2, -0.15) is 0 Å². The molecule has 1 N–H and O–H groups in total. The number of aromatic nitrogens is 1. The molecule has 1 amide bonds. The average molecular weight is 384 g/mol. The van der Waals surface area contributed by atoms with Crippen molar-refractivity contribution in [3.05, 3.63) is 101 Å². The van der Waals surface area contributed by atoms with Crippen molar-refractivity contribution in [2.24, 2.45) is 0 Å². The second kappa shape index (κ2) is 7.36. The third-order valence-corrected chi connectivity index (χ3v) is 5.10. The van der Waals surface area contributed by atoms with Crippen molar-refractivity contribution < 1.29 is 14.7 Å². The monoisotopic (exact) mass is 384 g/mol. The van der Waals surface area contributed by atoms with Gasteiger partial charge in [0.1, 0.15) is 5.76 Å². The van der Waals surface area contributed by atoms with E-state index in [-0.39, 0.29) is 11.3 Å². The molecule has 2 heterocycles. The molecular weight excluding hydrogens is 364 g/mol. The maximum atomic E-state index is 13.0. The number of amides is 1. The minimum Gasteiger partial charge on any atom is -0.507 e. The number of Topliss-reactive ketones (excluding diaryl/α,β-unsaturated/α-hetero) is 1. The van der Waals surface area contributed by atoms with Gasteiger partial charge in [0.2, 0.25) is 0 Å². The van der Waals surface area contributed by atoms with Crippen LogP contribution >= 0.6 is 0 Å². The number of carbonyl (C=O) groups is 2. The number of aryl methyl sites for hydroxylation is 2. The van der Waals surface area contributed by atoms with Gasteiger partial charge in [0, 0.05) is 23.6 Å². The first-order valence-corrected chi connectivity index (χ1v) is 9.32. The Morgan fingerprint density at radius 1 is 0.862 bits per heavy atom. The second-order valence-electron chi connectivity index (χ2n) is 7.15. The smallest absolute Gasteiger partial charge is 0.300 e. The van der Waals surface area contributed by atoms with Gasteiger partial charge in [-0.15, -0.1) is 0 Å². The van der Waals surface area contributed by atoms with Gasteiger partial charge in [0.15, 0.2) is 0 Å². The number of ketones is 1. The molecule has 144 valence electrons. The molecule has 1 fully saturated rings. The molecule has 0 spiro atoms. The number of anilines is 1. The molecule has 1 saturated heterocycles. The molecule has 1 atom stereocenters. The van der Waals surface area contributed by atoms with Crippen LogP contribution in [0.3, 0.4) is 0 Å². The number of hydrogen-bond donors (Lipinski definition) is 1. The van der Waals surface area contributed by atoms with Gasteiger partial charge in [-0.25, -0.2) is 0 Å². The van der Waals surface area contributed by atoms with Crippen LogP contribution in [0.1, 0.15) is 28.3 Å². The first-order valence-electron chi connectivity index (χ1n) is 9.32. The molecule has 0 aliphatic carbocycles. The van der Waals surface area contributed by atoms with E-state index >= 15 is 0 Å². The molecule has 1 aliphatic rings. The lowest BCUT2D eigenvalue weighted by Crippen LogP contribution is -2.29. The van der Waals surface area contributed by atoms with Crippen molar-refractivity contribution in [3.8, 4) is 0 Å². The summed E-state index contributed by atoms with van der Waals surface area (Å²) in [5.74, 6) is -1.55. The van der Waals surface area contributed by atoms with Gasteiger partial charge in [0.25, 0.3) is 11.7 Å². The van der Waals surface area contributed by atoms with Gasteiger partial charge < -0.3 is 5.11 Å². The van der Waals surface area contributed by atoms with E-state index in [0.29, 0.717) is 11.3 Å². The van der Waals surface area contributed by atoms with Crippen LogP contribution in [0.15, 0.2) is 78.6 Å². The van der Waals surface area contributed by atoms with Gasteiger partial charge in [-0.05, 0) is 31.5 Å². The van der Waals surface area contributed by atoms with Crippen molar-refractivity contribution >= 4 is 23.1 Å². The molecule has 5 heteroatoms. The maximum Gasteiger partial charge on any atom is 0.300 e.